The number of hydrogen-bond donors (Lipinski definition) is 3. The lowest BCUT2D eigenvalue weighted by atomic mass is 10.1. The number of primary amides is 1. The van der Waals surface area contributed by atoms with Crippen LogP contribution in [0, 0.1) is 0 Å². The monoisotopic (exact) mass is 366 g/mol. The summed E-state index contributed by atoms with van der Waals surface area (Å²) in [5, 5.41) is 2.85. The van der Waals surface area contributed by atoms with Crippen LogP contribution in [-0.2, 0) is 11.2 Å². The van der Waals surface area contributed by atoms with Gasteiger partial charge in [-0.25, -0.2) is 4.98 Å². The van der Waals surface area contributed by atoms with Crippen molar-refractivity contribution >= 4 is 28.5 Å². The third kappa shape index (κ3) is 4.63. The first-order valence-corrected chi connectivity index (χ1v) is 8.87. The van der Waals surface area contributed by atoms with Crippen molar-refractivity contribution in [1.82, 2.24) is 9.97 Å². The maximum absolute atomic E-state index is 12.6. The van der Waals surface area contributed by atoms with Crippen LogP contribution in [0.4, 0.5) is 5.69 Å². The van der Waals surface area contributed by atoms with Crippen LogP contribution in [0.2, 0.25) is 0 Å². The maximum atomic E-state index is 12.6. The molecule has 3 aromatic rings. The van der Waals surface area contributed by atoms with Crippen molar-refractivity contribution in [1.29, 1.82) is 0 Å². The highest BCUT2D eigenvalue weighted by Gasteiger charge is 2.14. The van der Waals surface area contributed by atoms with Gasteiger partial charge in [0.25, 0.3) is 11.8 Å². The summed E-state index contributed by atoms with van der Waals surface area (Å²) in [7, 11) is 0. The summed E-state index contributed by atoms with van der Waals surface area (Å²) >= 11 is 0. The van der Waals surface area contributed by atoms with Crippen molar-refractivity contribution < 1.29 is 14.3 Å². The molecule has 0 atom stereocenters. The number of hydrogen-bond acceptors (Lipinski definition) is 4. The average molecular weight is 366 g/mol. The number of rotatable bonds is 8. The maximum Gasteiger partial charge on any atom is 0.259 e. The first-order valence-electron chi connectivity index (χ1n) is 8.87. The van der Waals surface area contributed by atoms with Gasteiger partial charge in [-0.3, -0.25) is 9.59 Å². The third-order valence-electron chi connectivity index (χ3n) is 4.06. The SMILES string of the molecule is CCCCc1nc2ccc(NC(=O)c3ccccc3OCC(N)=O)cc2[nH]1. The van der Waals surface area contributed by atoms with Crippen molar-refractivity contribution in [3.8, 4) is 5.75 Å². The molecule has 2 aromatic carbocycles. The van der Waals surface area contributed by atoms with E-state index in [9.17, 15) is 9.59 Å². The topological polar surface area (TPSA) is 110 Å². The Morgan fingerprint density at radius 1 is 1.22 bits per heavy atom. The van der Waals surface area contributed by atoms with E-state index in [4.69, 9.17) is 10.5 Å². The molecule has 0 fully saturated rings. The van der Waals surface area contributed by atoms with Crippen LogP contribution in [0.25, 0.3) is 11.0 Å². The minimum Gasteiger partial charge on any atom is -0.483 e. The largest absolute Gasteiger partial charge is 0.483 e. The Labute approximate surface area is 156 Å². The van der Waals surface area contributed by atoms with Gasteiger partial charge in [0.1, 0.15) is 11.6 Å². The Balaban J connectivity index is 1.76. The van der Waals surface area contributed by atoms with Crippen LogP contribution < -0.4 is 15.8 Å². The van der Waals surface area contributed by atoms with Crippen LogP contribution in [0.3, 0.4) is 0 Å². The van der Waals surface area contributed by atoms with Gasteiger partial charge in [0.15, 0.2) is 6.61 Å². The van der Waals surface area contributed by atoms with Crippen molar-refractivity contribution in [2.45, 2.75) is 26.2 Å². The molecule has 2 amide bonds. The lowest BCUT2D eigenvalue weighted by Gasteiger charge is -2.10. The number of nitrogens with one attached hydrogen (secondary N) is 2. The molecule has 1 aromatic heterocycles. The van der Waals surface area contributed by atoms with Gasteiger partial charge in [0.05, 0.1) is 16.6 Å². The number of ether oxygens (including phenoxy) is 1. The fourth-order valence-corrected chi connectivity index (χ4v) is 2.73. The molecule has 0 spiro atoms. The molecule has 0 unspecified atom stereocenters. The lowest BCUT2D eigenvalue weighted by molar-refractivity contribution is -0.119. The zero-order valence-electron chi connectivity index (χ0n) is 15.1. The van der Waals surface area contributed by atoms with E-state index in [1.165, 1.54) is 0 Å². The molecule has 0 aliphatic carbocycles. The van der Waals surface area contributed by atoms with Gasteiger partial charge in [0.2, 0.25) is 0 Å². The Morgan fingerprint density at radius 2 is 2.04 bits per heavy atom. The van der Waals surface area contributed by atoms with Crippen LogP contribution in [0.15, 0.2) is 42.5 Å². The number of nitrogens with zero attached hydrogens (tertiary/aromatic N) is 1. The van der Waals surface area contributed by atoms with Crippen LogP contribution in [0.5, 0.6) is 5.75 Å². The first kappa shape index (κ1) is 18.4. The number of nitrogens with two attached hydrogens (primary N) is 1. The molecule has 27 heavy (non-hydrogen) atoms. The molecule has 0 radical (unpaired) electrons. The quantitative estimate of drug-likeness (QED) is 0.569. The second kappa shape index (κ2) is 8.35. The number of carbonyl (C=O) groups is 2. The van der Waals surface area contributed by atoms with Crippen LogP contribution >= 0.6 is 0 Å². The molecule has 7 nitrogen and oxygen atoms in total. The van der Waals surface area contributed by atoms with E-state index in [1.807, 2.05) is 12.1 Å². The van der Waals surface area contributed by atoms with Crippen LogP contribution in [0.1, 0.15) is 35.9 Å². The standard InChI is InChI=1S/C20H22N4O3/c1-2-3-8-19-23-15-10-9-13(11-16(15)24-19)22-20(26)14-6-4-5-7-17(14)27-12-18(21)25/h4-7,9-11H,2-3,8,12H2,1H3,(H2,21,25)(H,22,26)(H,23,24). The molecule has 140 valence electrons. The molecular formula is C20H22N4O3. The van der Waals surface area contributed by atoms with Crippen molar-refractivity contribution in [2.24, 2.45) is 5.73 Å². The minimum atomic E-state index is -0.603. The highest BCUT2D eigenvalue weighted by molar-refractivity contribution is 6.06. The van der Waals surface area contributed by atoms with Gasteiger partial charge in [-0.1, -0.05) is 25.5 Å². The molecule has 7 heteroatoms. The summed E-state index contributed by atoms with van der Waals surface area (Å²) in [6.07, 6.45) is 3.08. The molecule has 0 bridgehead atoms. The number of anilines is 1. The number of H-pyrrole nitrogens is 1. The molecule has 0 aliphatic rings. The Bertz CT molecular complexity index is 965. The van der Waals surface area contributed by atoms with Gasteiger partial charge in [-0.05, 0) is 36.8 Å². The summed E-state index contributed by atoms with van der Waals surface area (Å²) in [5.41, 5.74) is 7.81. The van der Waals surface area contributed by atoms with E-state index in [1.54, 1.807) is 30.3 Å². The summed E-state index contributed by atoms with van der Waals surface area (Å²) in [6.45, 7) is 1.85. The number of aromatic amines is 1. The zero-order chi connectivity index (χ0) is 19.2. The second-order valence-corrected chi connectivity index (χ2v) is 6.22. The normalized spacial score (nSPS) is 10.7. The van der Waals surface area contributed by atoms with E-state index < -0.39 is 5.91 Å². The van der Waals surface area contributed by atoms with Crippen LogP contribution in [-0.4, -0.2) is 28.4 Å². The number of imidazole rings is 1. The molecular weight excluding hydrogens is 344 g/mol. The van der Waals surface area contributed by atoms with E-state index >= 15 is 0 Å². The van der Waals surface area contributed by atoms with Gasteiger partial charge >= 0.3 is 0 Å². The summed E-state index contributed by atoms with van der Waals surface area (Å²) < 4.78 is 5.32. The zero-order valence-corrected chi connectivity index (χ0v) is 15.1. The first-order chi connectivity index (χ1) is 13.1. The predicted molar refractivity (Wildman–Crippen MR) is 104 cm³/mol. The highest BCUT2D eigenvalue weighted by atomic mass is 16.5. The molecule has 0 saturated heterocycles. The van der Waals surface area contributed by atoms with E-state index in [2.05, 4.69) is 22.2 Å². The molecule has 4 N–H and O–H groups in total. The van der Waals surface area contributed by atoms with Crippen molar-refractivity contribution in [3.05, 3.63) is 53.9 Å². The number of aromatic nitrogens is 2. The molecule has 1 heterocycles. The van der Waals surface area contributed by atoms with E-state index in [0.717, 1.165) is 36.1 Å². The number of fused-ring (bicyclic) bond motifs is 1. The number of unbranched alkanes of at least 4 members (excludes halogenated alkanes) is 1. The van der Waals surface area contributed by atoms with Gasteiger partial charge in [0, 0.05) is 12.1 Å². The predicted octanol–water partition coefficient (Wildman–Crippen LogP) is 3.02. The second-order valence-electron chi connectivity index (χ2n) is 6.22. The highest BCUT2D eigenvalue weighted by Crippen LogP contribution is 2.22. The minimum absolute atomic E-state index is 0.287. The fourth-order valence-electron chi connectivity index (χ4n) is 2.73. The smallest absolute Gasteiger partial charge is 0.259 e. The fraction of sp³-hybridized carbons (Fsp3) is 0.250. The molecule has 0 aliphatic heterocycles. The average Bonchev–Trinajstić information content (AvgIpc) is 3.07. The Kier molecular flexibility index (Phi) is 5.71. The summed E-state index contributed by atoms with van der Waals surface area (Å²) in [4.78, 5) is 31.4. The van der Waals surface area contributed by atoms with E-state index in [-0.39, 0.29) is 12.5 Å². The lowest BCUT2D eigenvalue weighted by Crippen LogP contribution is -2.21. The molecule has 0 saturated carbocycles. The van der Waals surface area contributed by atoms with Crippen molar-refractivity contribution in [3.63, 3.8) is 0 Å². The van der Waals surface area contributed by atoms with Crippen molar-refractivity contribution in [2.75, 3.05) is 11.9 Å². The molecule has 3 rings (SSSR count). The summed E-state index contributed by atoms with van der Waals surface area (Å²) in [6, 6.07) is 12.2. The number of benzene rings is 2. The van der Waals surface area contributed by atoms with Gasteiger partial charge in [-0.15, -0.1) is 0 Å². The van der Waals surface area contributed by atoms with E-state index in [0.29, 0.717) is 17.0 Å². The summed E-state index contributed by atoms with van der Waals surface area (Å²) in [5.74, 6) is 0.313. The Morgan fingerprint density at radius 3 is 2.81 bits per heavy atom. The Hall–Kier alpha value is -3.35. The number of para-hydroxylation sites is 1. The third-order valence-corrected chi connectivity index (χ3v) is 4.06. The van der Waals surface area contributed by atoms with Gasteiger partial charge < -0.3 is 20.8 Å². The number of amides is 2. The number of carbonyl (C=O) groups excluding carboxylic acids is 2. The van der Waals surface area contributed by atoms with Gasteiger partial charge in [-0.2, -0.15) is 0 Å². The number of aryl methyl sites for hydroxylation is 1.